The van der Waals surface area contributed by atoms with Gasteiger partial charge in [0.25, 0.3) is 0 Å². The lowest BCUT2D eigenvalue weighted by Crippen LogP contribution is -2.10. The van der Waals surface area contributed by atoms with Crippen molar-refractivity contribution in [2.24, 2.45) is 0 Å². The van der Waals surface area contributed by atoms with Crippen LogP contribution in [0.25, 0.3) is 11.3 Å². The highest BCUT2D eigenvalue weighted by molar-refractivity contribution is 5.63. The monoisotopic (exact) mass is 376 g/mol. The number of halogens is 4. The van der Waals surface area contributed by atoms with Crippen LogP contribution < -0.4 is 4.74 Å². The molecular weight excluding hydrogens is 360 g/mol. The molecule has 3 aromatic rings. The average molecular weight is 376 g/mol. The summed E-state index contributed by atoms with van der Waals surface area (Å²) in [6, 6.07) is 11.9. The molecule has 0 amide bonds. The second-order valence-electron chi connectivity index (χ2n) is 6.55. The van der Waals surface area contributed by atoms with Gasteiger partial charge in [0.15, 0.2) is 11.6 Å². The van der Waals surface area contributed by atoms with E-state index in [1.165, 1.54) is 17.2 Å². The van der Waals surface area contributed by atoms with Gasteiger partial charge in [0.05, 0.1) is 24.4 Å². The predicted octanol–water partition coefficient (Wildman–Crippen LogP) is 5.06. The van der Waals surface area contributed by atoms with Crippen molar-refractivity contribution >= 4 is 0 Å². The van der Waals surface area contributed by atoms with Crippen LogP contribution in [0.3, 0.4) is 0 Å². The molecule has 2 aromatic carbocycles. The molecule has 1 aliphatic rings. The van der Waals surface area contributed by atoms with Gasteiger partial charge in [0.1, 0.15) is 0 Å². The number of hydrogen-bond donors (Lipinski definition) is 0. The Labute approximate surface area is 153 Å². The molecule has 140 valence electrons. The van der Waals surface area contributed by atoms with Gasteiger partial charge in [0, 0.05) is 11.8 Å². The van der Waals surface area contributed by atoms with Gasteiger partial charge in [0.2, 0.25) is 0 Å². The number of benzene rings is 2. The fraction of sp³-hybridized carbons (Fsp3) is 0.250. The van der Waals surface area contributed by atoms with E-state index in [-0.39, 0.29) is 11.6 Å². The van der Waals surface area contributed by atoms with Crippen LogP contribution in [0.15, 0.2) is 48.7 Å². The molecule has 1 aliphatic carbocycles. The first-order chi connectivity index (χ1) is 12.9. The van der Waals surface area contributed by atoms with Gasteiger partial charge in [-0.15, -0.1) is 0 Å². The fourth-order valence-corrected chi connectivity index (χ4v) is 3.52. The van der Waals surface area contributed by atoms with Crippen LogP contribution in [0.4, 0.5) is 17.6 Å². The van der Waals surface area contributed by atoms with E-state index in [1.54, 1.807) is 16.9 Å². The fourth-order valence-electron chi connectivity index (χ4n) is 3.52. The Kier molecular flexibility index (Phi) is 4.17. The Bertz CT molecular complexity index is 969. The van der Waals surface area contributed by atoms with E-state index in [0.717, 1.165) is 26.0 Å². The molecule has 0 radical (unpaired) electrons. The molecule has 7 heteroatoms. The maximum absolute atomic E-state index is 14.0. The van der Waals surface area contributed by atoms with Crippen LogP contribution in [0.1, 0.15) is 22.7 Å². The molecule has 0 saturated carbocycles. The van der Waals surface area contributed by atoms with Crippen molar-refractivity contribution in [3.63, 3.8) is 0 Å². The van der Waals surface area contributed by atoms with Gasteiger partial charge in [-0.05, 0) is 42.2 Å². The van der Waals surface area contributed by atoms with E-state index in [9.17, 15) is 17.6 Å². The summed E-state index contributed by atoms with van der Waals surface area (Å²) < 4.78 is 60.0. The van der Waals surface area contributed by atoms with Crippen molar-refractivity contribution in [2.45, 2.75) is 25.1 Å². The topological polar surface area (TPSA) is 27.1 Å². The maximum Gasteiger partial charge on any atom is 0.419 e. The molecule has 27 heavy (non-hydrogen) atoms. The van der Waals surface area contributed by atoms with Crippen LogP contribution >= 0.6 is 0 Å². The zero-order valence-corrected chi connectivity index (χ0v) is 14.4. The van der Waals surface area contributed by atoms with Gasteiger partial charge in [-0.3, -0.25) is 4.68 Å². The molecule has 0 aliphatic heterocycles. The average Bonchev–Trinajstić information content (AvgIpc) is 3.27. The zero-order chi connectivity index (χ0) is 19.2. The first-order valence-corrected chi connectivity index (χ1v) is 8.44. The van der Waals surface area contributed by atoms with Gasteiger partial charge in [-0.25, -0.2) is 4.39 Å². The zero-order valence-electron chi connectivity index (χ0n) is 14.4. The molecule has 0 unspecified atom stereocenters. The molecule has 0 saturated heterocycles. The van der Waals surface area contributed by atoms with Crippen molar-refractivity contribution in [3.05, 3.63) is 71.2 Å². The van der Waals surface area contributed by atoms with E-state index in [1.807, 2.05) is 12.1 Å². The molecule has 1 aromatic heterocycles. The third-order valence-electron chi connectivity index (χ3n) is 4.87. The van der Waals surface area contributed by atoms with Gasteiger partial charge in [-0.1, -0.05) is 24.3 Å². The van der Waals surface area contributed by atoms with E-state index in [4.69, 9.17) is 4.74 Å². The number of fused-ring (bicyclic) bond motifs is 1. The van der Waals surface area contributed by atoms with E-state index < -0.39 is 23.3 Å². The molecule has 1 heterocycles. The minimum Gasteiger partial charge on any atom is -0.494 e. The van der Waals surface area contributed by atoms with Crippen molar-refractivity contribution in [3.8, 4) is 17.0 Å². The van der Waals surface area contributed by atoms with E-state index in [2.05, 4.69) is 17.2 Å². The molecule has 0 bridgehead atoms. The van der Waals surface area contributed by atoms with Crippen molar-refractivity contribution in [1.82, 2.24) is 9.78 Å². The molecule has 0 fully saturated rings. The lowest BCUT2D eigenvalue weighted by atomic mass is 10.1. The highest BCUT2D eigenvalue weighted by Crippen LogP contribution is 2.38. The van der Waals surface area contributed by atoms with Crippen molar-refractivity contribution in [1.29, 1.82) is 0 Å². The number of alkyl halides is 3. The molecule has 4 rings (SSSR count). The molecule has 0 atom stereocenters. The smallest absolute Gasteiger partial charge is 0.419 e. The minimum absolute atomic E-state index is 0.112. The number of rotatable bonds is 3. The number of aromatic nitrogens is 2. The van der Waals surface area contributed by atoms with Crippen LogP contribution in [-0.2, 0) is 19.0 Å². The Morgan fingerprint density at radius 3 is 2.33 bits per heavy atom. The lowest BCUT2D eigenvalue weighted by Gasteiger charge is -2.13. The van der Waals surface area contributed by atoms with Crippen molar-refractivity contribution < 1.29 is 22.3 Å². The normalized spacial score (nSPS) is 14.4. The third-order valence-corrected chi connectivity index (χ3v) is 4.87. The quantitative estimate of drug-likeness (QED) is 0.598. The summed E-state index contributed by atoms with van der Waals surface area (Å²) in [5.41, 5.74) is 1.65. The summed E-state index contributed by atoms with van der Waals surface area (Å²) in [7, 11) is 1.14. The summed E-state index contributed by atoms with van der Waals surface area (Å²) in [6.07, 6.45) is -1.44. The summed E-state index contributed by atoms with van der Waals surface area (Å²) in [4.78, 5) is 0. The summed E-state index contributed by atoms with van der Waals surface area (Å²) in [5, 5.41) is 4.45. The number of nitrogens with zero attached hydrogens (tertiary/aromatic N) is 2. The highest BCUT2D eigenvalue weighted by atomic mass is 19.4. The van der Waals surface area contributed by atoms with Gasteiger partial charge >= 0.3 is 6.18 Å². The van der Waals surface area contributed by atoms with Crippen LogP contribution in [0, 0.1) is 5.82 Å². The van der Waals surface area contributed by atoms with Crippen LogP contribution in [0.2, 0.25) is 0 Å². The van der Waals surface area contributed by atoms with Crippen molar-refractivity contribution in [2.75, 3.05) is 7.11 Å². The van der Waals surface area contributed by atoms with E-state index >= 15 is 0 Å². The SMILES string of the molecule is COc1cc(-c2ccn(C3Cc4ccccc4C3)n2)cc(C(F)(F)F)c1F. The molecule has 0 spiro atoms. The minimum atomic E-state index is -4.82. The second kappa shape index (κ2) is 6.40. The molecule has 3 nitrogen and oxygen atoms in total. The highest BCUT2D eigenvalue weighted by Gasteiger charge is 2.36. The molecule has 0 N–H and O–H groups in total. The number of methoxy groups -OCH3 is 1. The van der Waals surface area contributed by atoms with Gasteiger partial charge in [-0.2, -0.15) is 18.3 Å². The van der Waals surface area contributed by atoms with E-state index in [0.29, 0.717) is 5.69 Å². The molecular formula is C20H16F4N2O. The summed E-state index contributed by atoms with van der Waals surface area (Å²) >= 11 is 0. The first-order valence-electron chi connectivity index (χ1n) is 8.44. The summed E-state index contributed by atoms with van der Waals surface area (Å²) in [6.45, 7) is 0. The Morgan fingerprint density at radius 1 is 1.07 bits per heavy atom. The Hall–Kier alpha value is -2.83. The maximum atomic E-state index is 14.0. The number of ether oxygens (including phenoxy) is 1. The van der Waals surface area contributed by atoms with Crippen LogP contribution in [0.5, 0.6) is 5.75 Å². The second-order valence-corrected chi connectivity index (χ2v) is 6.55. The lowest BCUT2D eigenvalue weighted by molar-refractivity contribution is -0.140. The summed E-state index contributed by atoms with van der Waals surface area (Å²) in [5.74, 6) is -1.87. The number of hydrogen-bond acceptors (Lipinski definition) is 2. The third kappa shape index (κ3) is 3.18. The predicted molar refractivity (Wildman–Crippen MR) is 92.1 cm³/mol. The Morgan fingerprint density at radius 2 is 1.74 bits per heavy atom. The standard InChI is InChI=1S/C20H16F4N2O/c1-27-18-11-14(10-16(19(18)21)20(22,23)24)17-6-7-26(25-17)15-8-12-4-2-3-5-13(12)9-15/h2-7,10-11,15H,8-9H2,1H3. The largest absolute Gasteiger partial charge is 0.494 e. The van der Waals surface area contributed by atoms with Gasteiger partial charge < -0.3 is 4.74 Å². The Balaban J connectivity index is 1.68. The van der Waals surface area contributed by atoms with Crippen LogP contribution in [-0.4, -0.2) is 16.9 Å². The first kappa shape index (κ1) is 17.6.